The van der Waals surface area contributed by atoms with Crippen LogP contribution in [-0.4, -0.2) is 50.1 Å². The van der Waals surface area contributed by atoms with Crippen molar-refractivity contribution in [1.29, 1.82) is 0 Å². The average molecular weight is 545 g/mol. The fourth-order valence-corrected chi connectivity index (χ4v) is 6.13. The molecule has 0 saturated carbocycles. The molecule has 2 aromatic carbocycles. The lowest BCUT2D eigenvalue weighted by atomic mass is 9.73. The SMILES string of the molecule is CCC(O)(CC)C1CCN(CCC(C)(c2ccc(Cl)c(Cl)c2)C(O)c2ccnn2-c2ccccc2)CC1. The van der Waals surface area contributed by atoms with E-state index in [0.29, 0.717) is 16.0 Å². The first kappa shape index (κ1) is 28.1. The van der Waals surface area contributed by atoms with E-state index in [4.69, 9.17) is 23.2 Å². The molecule has 7 heteroatoms. The molecule has 2 unspecified atom stereocenters. The summed E-state index contributed by atoms with van der Waals surface area (Å²) in [5.41, 5.74) is 1.38. The van der Waals surface area contributed by atoms with Crippen molar-refractivity contribution in [3.63, 3.8) is 0 Å². The number of nitrogens with zero attached hydrogens (tertiary/aromatic N) is 3. The van der Waals surface area contributed by atoms with Gasteiger partial charge in [0.1, 0.15) is 6.10 Å². The first-order valence-corrected chi connectivity index (χ1v) is 14.1. The van der Waals surface area contributed by atoms with Gasteiger partial charge in [-0.1, -0.05) is 68.2 Å². The molecule has 2 N–H and O–H groups in total. The Morgan fingerprint density at radius 3 is 2.30 bits per heavy atom. The number of rotatable bonds is 10. The van der Waals surface area contributed by atoms with Crippen LogP contribution in [0.3, 0.4) is 0 Å². The van der Waals surface area contributed by atoms with E-state index in [0.717, 1.165) is 68.7 Å². The summed E-state index contributed by atoms with van der Waals surface area (Å²) >= 11 is 12.7. The molecule has 1 aliphatic rings. The number of benzene rings is 2. The largest absolute Gasteiger partial charge is 0.390 e. The van der Waals surface area contributed by atoms with Crippen LogP contribution < -0.4 is 0 Å². The minimum Gasteiger partial charge on any atom is -0.390 e. The molecule has 0 amide bonds. The molecule has 0 spiro atoms. The topological polar surface area (TPSA) is 61.5 Å². The van der Waals surface area contributed by atoms with Gasteiger partial charge < -0.3 is 15.1 Å². The van der Waals surface area contributed by atoms with Gasteiger partial charge in [0.25, 0.3) is 0 Å². The van der Waals surface area contributed by atoms with Crippen molar-refractivity contribution in [2.45, 2.75) is 70.0 Å². The Hall–Kier alpha value is -1.89. The molecule has 200 valence electrons. The maximum Gasteiger partial charge on any atom is 0.105 e. The van der Waals surface area contributed by atoms with Crippen LogP contribution >= 0.6 is 23.2 Å². The van der Waals surface area contributed by atoms with E-state index in [1.165, 1.54) is 0 Å². The summed E-state index contributed by atoms with van der Waals surface area (Å²) in [7, 11) is 0. The predicted octanol–water partition coefficient (Wildman–Crippen LogP) is 6.82. The van der Waals surface area contributed by atoms with E-state index in [9.17, 15) is 10.2 Å². The van der Waals surface area contributed by atoms with Crippen molar-refractivity contribution in [3.8, 4) is 5.69 Å². The molecule has 5 nitrogen and oxygen atoms in total. The maximum absolute atomic E-state index is 11.9. The number of hydrogen-bond acceptors (Lipinski definition) is 4. The Labute approximate surface area is 231 Å². The van der Waals surface area contributed by atoms with Crippen LogP contribution in [0, 0.1) is 5.92 Å². The van der Waals surface area contributed by atoms with E-state index in [1.807, 2.05) is 53.2 Å². The number of aliphatic hydroxyl groups excluding tert-OH is 1. The van der Waals surface area contributed by atoms with Gasteiger partial charge in [-0.2, -0.15) is 5.10 Å². The number of halogens is 2. The van der Waals surface area contributed by atoms with Crippen molar-refractivity contribution in [3.05, 3.63) is 82.1 Å². The maximum atomic E-state index is 11.9. The van der Waals surface area contributed by atoms with Crippen LogP contribution in [-0.2, 0) is 5.41 Å². The van der Waals surface area contributed by atoms with Crippen LogP contribution in [0.25, 0.3) is 5.69 Å². The van der Waals surface area contributed by atoms with Crippen molar-refractivity contribution in [2.24, 2.45) is 5.92 Å². The van der Waals surface area contributed by atoms with Gasteiger partial charge in [-0.25, -0.2) is 4.68 Å². The van der Waals surface area contributed by atoms with Gasteiger partial charge in [-0.05, 0) is 93.6 Å². The molecule has 1 aromatic heterocycles. The Morgan fingerprint density at radius 2 is 1.68 bits per heavy atom. The predicted molar refractivity (Wildman–Crippen MR) is 152 cm³/mol. The lowest BCUT2D eigenvalue weighted by Gasteiger charge is -2.42. The standard InChI is InChI=1S/C30H39Cl2N3O2/c1-4-30(37,5-2)22-14-18-34(19-15-22)20-16-29(3,23-11-12-25(31)26(32)21-23)28(36)27-13-17-33-35(27)24-9-7-6-8-10-24/h6-13,17,21-22,28,36-37H,4-5,14-16,18-20H2,1-3H3. The highest BCUT2D eigenvalue weighted by Gasteiger charge is 2.40. The van der Waals surface area contributed by atoms with Gasteiger partial charge >= 0.3 is 0 Å². The lowest BCUT2D eigenvalue weighted by Crippen LogP contribution is -2.46. The second-order valence-corrected chi connectivity index (χ2v) is 11.4. The van der Waals surface area contributed by atoms with Crippen molar-refractivity contribution in [2.75, 3.05) is 19.6 Å². The minimum atomic E-state index is -0.824. The van der Waals surface area contributed by atoms with Crippen LogP contribution in [0.1, 0.15) is 70.2 Å². The molecule has 0 aliphatic carbocycles. The quantitative estimate of drug-likeness (QED) is 0.294. The first-order chi connectivity index (χ1) is 17.7. The van der Waals surface area contributed by atoms with E-state index in [-0.39, 0.29) is 0 Å². The second-order valence-electron chi connectivity index (χ2n) is 10.6. The van der Waals surface area contributed by atoms with Crippen LogP contribution in [0.4, 0.5) is 0 Å². The molecular formula is C30H39Cl2N3O2. The molecular weight excluding hydrogens is 505 g/mol. The highest BCUT2D eigenvalue weighted by Crippen LogP contribution is 2.43. The molecule has 1 fully saturated rings. The van der Waals surface area contributed by atoms with Crippen molar-refractivity contribution < 1.29 is 10.2 Å². The molecule has 2 atom stereocenters. The van der Waals surface area contributed by atoms with Crippen LogP contribution in [0.5, 0.6) is 0 Å². The molecule has 1 aliphatic heterocycles. The summed E-state index contributed by atoms with van der Waals surface area (Å²) in [6, 6.07) is 17.4. The van der Waals surface area contributed by atoms with E-state index < -0.39 is 17.1 Å². The van der Waals surface area contributed by atoms with Crippen LogP contribution in [0.2, 0.25) is 10.0 Å². The number of aliphatic hydroxyl groups is 2. The van der Waals surface area contributed by atoms with Gasteiger partial charge in [0, 0.05) is 11.6 Å². The zero-order chi connectivity index (χ0) is 26.6. The summed E-state index contributed by atoms with van der Waals surface area (Å²) in [5.74, 6) is 0.339. The average Bonchev–Trinajstić information content (AvgIpc) is 3.43. The Bertz CT molecular complexity index is 1160. The van der Waals surface area contributed by atoms with Gasteiger partial charge in [0.2, 0.25) is 0 Å². The van der Waals surface area contributed by atoms with Crippen LogP contribution in [0.15, 0.2) is 60.8 Å². The van der Waals surface area contributed by atoms with E-state index in [1.54, 1.807) is 12.3 Å². The summed E-state index contributed by atoms with van der Waals surface area (Å²) in [5, 5.41) is 28.4. The molecule has 4 rings (SSSR count). The van der Waals surface area contributed by atoms with Crippen molar-refractivity contribution in [1.82, 2.24) is 14.7 Å². The third-order valence-electron chi connectivity index (χ3n) is 8.65. The van der Waals surface area contributed by atoms with Gasteiger partial charge in [-0.15, -0.1) is 0 Å². The van der Waals surface area contributed by atoms with Gasteiger partial charge in [-0.3, -0.25) is 0 Å². The van der Waals surface area contributed by atoms with Gasteiger partial charge in [0.15, 0.2) is 0 Å². The van der Waals surface area contributed by atoms with E-state index >= 15 is 0 Å². The Morgan fingerprint density at radius 1 is 1.00 bits per heavy atom. The minimum absolute atomic E-state index is 0.339. The summed E-state index contributed by atoms with van der Waals surface area (Å²) < 4.78 is 1.81. The van der Waals surface area contributed by atoms with E-state index in [2.05, 4.69) is 30.8 Å². The van der Waals surface area contributed by atoms with Crippen molar-refractivity contribution >= 4 is 23.2 Å². The zero-order valence-electron chi connectivity index (χ0n) is 22.1. The molecule has 0 radical (unpaired) electrons. The molecule has 2 heterocycles. The highest BCUT2D eigenvalue weighted by molar-refractivity contribution is 6.42. The molecule has 3 aromatic rings. The normalized spacial score (nSPS) is 18.0. The number of likely N-dealkylation sites (tertiary alicyclic amines) is 1. The fraction of sp³-hybridized carbons (Fsp3) is 0.500. The molecule has 1 saturated heterocycles. The molecule has 0 bridgehead atoms. The monoisotopic (exact) mass is 543 g/mol. The Kier molecular flexibility index (Phi) is 9.03. The molecule has 37 heavy (non-hydrogen) atoms. The third-order valence-corrected chi connectivity index (χ3v) is 9.39. The third kappa shape index (κ3) is 5.91. The Balaban J connectivity index is 1.58. The fourth-order valence-electron chi connectivity index (χ4n) is 5.83. The second kappa shape index (κ2) is 11.9. The highest BCUT2D eigenvalue weighted by atomic mass is 35.5. The smallest absolute Gasteiger partial charge is 0.105 e. The first-order valence-electron chi connectivity index (χ1n) is 13.4. The number of aromatic nitrogens is 2. The summed E-state index contributed by atoms with van der Waals surface area (Å²) in [6.07, 6.45) is 5.21. The number of hydrogen-bond donors (Lipinski definition) is 2. The van der Waals surface area contributed by atoms with Gasteiger partial charge in [0.05, 0.1) is 27.0 Å². The number of para-hydroxylation sites is 1. The number of piperidine rings is 1. The zero-order valence-corrected chi connectivity index (χ0v) is 23.6. The lowest BCUT2D eigenvalue weighted by molar-refractivity contribution is -0.0500. The summed E-state index contributed by atoms with van der Waals surface area (Å²) in [6.45, 7) is 8.99. The summed E-state index contributed by atoms with van der Waals surface area (Å²) in [4.78, 5) is 2.46.